The number of nitrogens with one attached hydrogen (secondary N) is 1. The second-order valence-corrected chi connectivity index (χ2v) is 8.28. The molecule has 0 radical (unpaired) electrons. The van der Waals surface area contributed by atoms with E-state index in [1.54, 1.807) is 60.7 Å². The number of halogens is 3. The van der Waals surface area contributed by atoms with Crippen molar-refractivity contribution in [2.45, 2.75) is 10.8 Å². The van der Waals surface area contributed by atoms with E-state index in [9.17, 15) is 9.35 Å². The van der Waals surface area contributed by atoms with Gasteiger partial charge in [-0.3, -0.25) is 4.79 Å². The normalized spacial score (nSPS) is 11.4. The van der Waals surface area contributed by atoms with Crippen LogP contribution >= 0.6 is 46.8 Å². The highest BCUT2D eigenvalue weighted by atomic mass is 35.5. The average Bonchev–Trinajstić information content (AvgIpc) is 2.76. The van der Waals surface area contributed by atoms with Crippen LogP contribution < -0.4 is 10.1 Å². The number of benzene rings is 3. The summed E-state index contributed by atoms with van der Waals surface area (Å²) in [5, 5.41) is 7.33. The molecule has 0 saturated heterocycles. The van der Waals surface area contributed by atoms with E-state index in [4.69, 9.17) is 45.1 Å². The smallest absolute Gasteiger partial charge is 0.232 e. The molecule has 11 heteroatoms. The lowest BCUT2D eigenvalue weighted by Crippen LogP contribution is -2.24. The summed E-state index contributed by atoms with van der Waals surface area (Å²) in [4.78, 5) is 16.1. The maximum atomic E-state index is 13.0. The summed E-state index contributed by atoms with van der Waals surface area (Å²) in [6.07, 6.45) is 0. The predicted molar refractivity (Wildman–Crippen MR) is 128 cm³/mol. The Morgan fingerprint density at radius 1 is 1.12 bits per heavy atom. The van der Waals surface area contributed by atoms with Gasteiger partial charge >= 0.3 is 0 Å². The summed E-state index contributed by atoms with van der Waals surface area (Å²) in [6.45, 7) is -0.177. The lowest BCUT2D eigenvalue weighted by molar-refractivity contribution is -0.117. The molecule has 1 atom stereocenters. The van der Waals surface area contributed by atoms with Crippen molar-refractivity contribution >= 4 is 58.4 Å². The molecule has 0 heterocycles. The number of carbonyl (C=O) groups excluding carboxylic acids is 1. The fourth-order valence-electron chi connectivity index (χ4n) is 2.90. The minimum atomic E-state index is -0.917. The average molecular weight is 510 g/mol. The Kier molecular flexibility index (Phi) is 8.53. The molecule has 32 heavy (non-hydrogen) atoms. The van der Waals surface area contributed by atoms with Gasteiger partial charge in [-0.1, -0.05) is 52.0 Å². The molecule has 0 bridgehead atoms. The maximum absolute atomic E-state index is 13.0. The second-order valence-electron chi connectivity index (χ2n) is 6.40. The zero-order valence-electron chi connectivity index (χ0n) is 16.2. The van der Waals surface area contributed by atoms with E-state index in [-0.39, 0.29) is 16.6 Å². The lowest BCUT2D eigenvalue weighted by atomic mass is 9.98. The van der Waals surface area contributed by atoms with Crippen LogP contribution in [0.2, 0.25) is 15.1 Å². The van der Waals surface area contributed by atoms with E-state index < -0.39 is 11.8 Å². The number of amides is 1. The standard InChI is InChI=1S/C21H15Cl3N4O3S/c22-12-3-1-4-14(9-12)31-18-8-7-13(10-19(18)32-30)27-21(29)15(11-26-28-25)20-16(23)5-2-6-17(20)24/h1-10,15,30H,11H2,(H,27,29). The lowest BCUT2D eigenvalue weighted by Gasteiger charge is -2.18. The third kappa shape index (κ3) is 6.01. The third-order valence-corrected chi connectivity index (χ3v) is 5.74. The number of anilines is 1. The van der Waals surface area contributed by atoms with Crippen LogP contribution in [0.15, 0.2) is 70.7 Å². The highest BCUT2D eigenvalue weighted by Gasteiger charge is 2.25. The number of azide groups is 1. The molecular weight excluding hydrogens is 495 g/mol. The molecule has 7 nitrogen and oxygen atoms in total. The Balaban J connectivity index is 1.85. The van der Waals surface area contributed by atoms with Gasteiger partial charge in [0.25, 0.3) is 0 Å². The van der Waals surface area contributed by atoms with Crippen molar-refractivity contribution in [1.29, 1.82) is 0 Å². The molecule has 0 aliphatic carbocycles. The first kappa shape index (κ1) is 24.1. The molecule has 0 aromatic heterocycles. The largest absolute Gasteiger partial charge is 0.456 e. The molecule has 2 N–H and O–H groups in total. The quantitative estimate of drug-likeness (QED) is 0.139. The Labute approximate surface area is 203 Å². The minimum absolute atomic E-state index is 0.177. The molecule has 0 aliphatic rings. The topological polar surface area (TPSA) is 107 Å². The van der Waals surface area contributed by atoms with Crippen molar-refractivity contribution in [3.8, 4) is 11.5 Å². The number of carbonyl (C=O) groups is 1. The molecule has 1 unspecified atom stereocenters. The van der Waals surface area contributed by atoms with Crippen LogP contribution in [0.1, 0.15) is 11.5 Å². The Morgan fingerprint density at radius 3 is 2.50 bits per heavy atom. The molecule has 0 saturated carbocycles. The van der Waals surface area contributed by atoms with E-state index in [2.05, 4.69) is 15.3 Å². The van der Waals surface area contributed by atoms with Crippen LogP contribution in [-0.2, 0) is 4.79 Å². The molecule has 3 rings (SSSR count). The predicted octanol–water partition coefficient (Wildman–Crippen LogP) is 8.04. The maximum Gasteiger partial charge on any atom is 0.232 e. The van der Waals surface area contributed by atoms with Crippen LogP contribution in [-0.4, -0.2) is 17.0 Å². The first-order valence-corrected chi connectivity index (χ1v) is 11.0. The van der Waals surface area contributed by atoms with Crippen molar-refractivity contribution in [3.63, 3.8) is 0 Å². The van der Waals surface area contributed by atoms with Crippen LogP contribution in [0.25, 0.3) is 10.4 Å². The second kappa shape index (κ2) is 11.3. The number of ether oxygens (including phenoxy) is 1. The summed E-state index contributed by atoms with van der Waals surface area (Å²) >= 11 is 18.9. The van der Waals surface area contributed by atoms with E-state index in [1.165, 1.54) is 0 Å². The first-order chi connectivity index (χ1) is 15.4. The van der Waals surface area contributed by atoms with Gasteiger partial charge in [-0.2, -0.15) is 0 Å². The van der Waals surface area contributed by atoms with Gasteiger partial charge in [0, 0.05) is 49.8 Å². The van der Waals surface area contributed by atoms with Gasteiger partial charge in [0.2, 0.25) is 5.91 Å². The van der Waals surface area contributed by atoms with E-state index in [1.807, 2.05) is 0 Å². The van der Waals surface area contributed by atoms with Gasteiger partial charge in [-0.25, -0.2) is 0 Å². The van der Waals surface area contributed by atoms with Crippen molar-refractivity contribution in [2.24, 2.45) is 5.11 Å². The van der Waals surface area contributed by atoms with Crippen LogP contribution in [0.3, 0.4) is 0 Å². The van der Waals surface area contributed by atoms with Crippen LogP contribution in [0.4, 0.5) is 5.69 Å². The van der Waals surface area contributed by atoms with E-state index in [0.717, 1.165) is 0 Å². The molecule has 1 amide bonds. The fourth-order valence-corrected chi connectivity index (χ4v) is 4.12. The summed E-state index contributed by atoms with van der Waals surface area (Å²) in [6, 6.07) is 16.4. The molecule has 0 aliphatic heterocycles. The Hall–Kier alpha value is -2.58. The molecular formula is C21H15Cl3N4O3S. The van der Waals surface area contributed by atoms with Crippen LogP contribution in [0.5, 0.6) is 11.5 Å². The van der Waals surface area contributed by atoms with E-state index in [0.29, 0.717) is 44.7 Å². The van der Waals surface area contributed by atoms with Gasteiger partial charge in [-0.05, 0) is 54.1 Å². The monoisotopic (exact) mass is 508 g/mol. The Morgan fingerprint density at radius 2 is 1.84 bits per heavy atom. The number of hydrogen-bond donors (Lipinski definition) is 2. The zero-order chi connectivity index (χ0) is 23.1. The minimum Gasteiger partial charge on any atom is -0.456 e. The van der Waals surface area contributed by atoms with Crippen molar-refractivity contribution < 1.29 is 14.1 Å². The number of nitrogens with zero attached hydrogens (tertiary/aromatic N) is 3. The summed E-state index contributed by atoms with van der Waals surface area (Å²) < 4.78 is 15.5. The van der Waals surface area contributed by atoms with Crippen molar-refractivity contribution in [2.75, 3.05) is 11.9 Å². The zero-order valence-corrected chi connectivity index (χ0v) is 19.3. The van der Waals surface area contributed by atoms with Gasteiger partial charge in [0.1, 0.15) is 11.5 Å². The van der Waals surface area contributed by atoms with E-state index >= 15 is 0 Å². The fraction of sp³-hybridized carbons (Fsp3) is 0.0952. The summed E-state index contributed by atoms with van der Waals surface area (Å²) in [7, 11) is 0. The highest BCUT2D eigenvalue weighted by Crippen LogP contribution is 2.36. The first-order valence-electron chi connectivity index (χ1n) is 9.07. The van der Waals surface area contributed by atoms with Gasteiger partial charge in [0.15, 0.2) is 0 Å². The summed E-state index contributed by atoms with van der Waals surface area (Å²) in [5.74, 6) is -0.533. The van der Waals surface area contributed by atoms with Gasteiger partial charge in [0.05, 0.1) is 10.8 Å². The molecule has 3 aromatic carbocycles. The highest BCUT2D eigenvalue weighted by molar-refractivity contribution is 7.93. The van der Waals surface area contributed by atoms with Crippen molar-refractivity contribution in [1.82, 2.24) is 0 Å². The van der Waals surface area contributed by atoms with Crippen molar-refractivity contribution in [3.05, 3.63) is 91.7 Å². The summed E-state index contributed by atoms with van der Waals surface area (Å²) in [5.41, 5.74) is 9.46. The SMILES string of the molecule is [N-]=[N+]=NCC(C(=O)Nc1ccc(Oc2cccc(Cl)c2)c(SO)c1)c1c(Cl)cccc1Cl. The molecule has 164 valence electrons. The number of hydrogen-bond acceptors (Lipinski definition) is 5. The Bertz CT molecular complexity index is 1170. The third-order valence-electron chi connectivity index (χ3n) is 4.33. The number of rotatable bonds is 8. The van der Waals surface area contributed by atoms with Crippen LogP contribution in [0, 0.1) is 0 Å². The molecule has 0 fully saturated rings. The van der Waals surface area contributed by atoms with Gasteiger partial charge in [-0.15, -0.1) is 0 Å². The molecule has 0 spiro atoms. The molecule has 3 aromatic rings. The van der Waals surface area contributed by atoms with Gasteiger partial charge < -0.3 is 14.6 Å².